The third-order valence-corrected chi connectivity index (χ3v) is 4.33. The molecule has 0 radical (unpaired) electrons. The Morgan fingerprint density at radius 1 is 1.42 bits per heavy atom. The first-order valence-corrected chi connectivity index (χ1v) is 8.09. The standard InChI is InChI=1S/C14H24N4S/c1-3-12-10-17-13(19-12)7-8-16-14(15-4-2)18-9-11-5-6-11/h10-11H,3-9H2,1-2H3,(H2,15,16,18). The van der Waals surface area contributed by atoms with Crippen molar-refractivity contribution in [1.82, 2.24) is 15.6 Å². The Hall–Kier alpha value is -1.10. The van der Waals surface area contributed by atoms with Gasteiger partial charge in [-0.15, -0.1) is 11.3 Å². The van der Waals surface area contributed by atoms with Gasteiger partial charge in [-0.25, -0.2) is 4.98 Å². The van der Waals surface area contributed by atoms with Crippen LogP contribution in [0.4, 0.5) is 0 Å². The number of aromatic nitrogens is 1. The molecule has 4 nitrogen and oxygen atoms in total. The fourth-order valence-electron chi connectivity index (χ4n) is 1.78. The van der Waals surface area contributed by atoms with Crippen LogP contribution in [0.1, 0.15) is 36.6 Å². The number of hydrogen-bond donors (Lipinski definition) is 2. The predicted molar refractivity (Wildman–Crippen MR) is 81.9 cm³/mol. The van der Waals surface area contributed by atoms with E-state index in [0.717, 1.165) is 44.4 Å². The second kappa shape index (κ2) is 7.48. The summed E-state index contributed by atoms with van der Waals surface area (Å²) in [4.78, 5) is 10.4. The van der Waals surface area contributed by atoms with Crippen molar-refractivity contribution in [1.29, 1.82) is 0 Å². The molecule has 2 N–H and O–H groups in total. The Bertz CT molecular complexity index is 409. The van der Waals surface area contributed by atoms with Crippen LogP contribution < -0.4 is 10.6 Å². The van der Waals surface area contributed by atoms with Gasteiger partial charge in [0, 0.05) is 37.1 Å². The zero-order chi connectivity index (χ0) is 13.5. The van der Waals surface area contributed by atoms with Crippen LogP contribution in [0.15, 0.2) is 11.2 Å². The maximum Gasteiger partial charge on any atom is 0.191 e. The Kier molecular flexibility index (Phi) is 5.63. The molecule has 106 valence electrons. The van der Waals surface area contributed by atoms with Crippen molar-refractivity contribution in [2.45, 2.75) is 39.5 Å². The van der Waals surface area contributed by atoms with Crippen molar-refractivity contribution < 1.29 is 0 Å². The summed E-state index contributed by atoms with van der Waals surface area (Å²) in [6.07, 6.45) is 6.74. The Labute approximate surface area is 119 Å². The maximum atomic E-state index is 4.61. The Morgan fingerprint density at radius 2 is 2.26 bits per heavy atom. The smallest absolute Gasteiger partial charge is 0.191 e. The van der Waals surface area contributed by atoms with Gasteiger partial charge in [-0.1, -0.05) is 6.92 Å². The molecule has 0 bridgehead atoms. The van der Waals surface area contributed by atoms with Gasteiger partial charge in [-0.3, -0.25) is 4.99 Å². The summed E-state index contributed by atoms with van der Waals surface area (Å²) < 4.78 is 0. The van der Waals surface area contributed by atoms with Crippen LogP contribution in [-0.4, -0.2) is 30.6 Å². The quantitative estimate of drug-likeness (QED) is 0.595. The van der Waals surface area contributed by atoms with Crippen LogP contribution in [0.2, 0.25) is 0 Å². The van der Waals surface area contributed by atoms with Gasteiger partial charge in [0.15, 0.2) is 5.96 Å². The van der Waals surface area contributed by atoms with E-state index in [1.54, 1.807) is 0 Å². The molecule has 1 aromatic rings. The molecule has 19 heavy (non-hydrogen) atoms. The molecule has 2 rings (SSSR count). The predicted octanol–water partition coefficient (Wildman–Crippen LogP) is 2.21. The summed E-state index contributed by atoms with van der Waals surface area (Å²) in [5.41, 5.74) is 0. The van der Waals surface area contributed by atoms with Gasteiger partial charge in [0.05, 0.1) is 5.01 Å². The molecule has 0 unspecified atom stereocenters. The minimum Gasteiger partial charge on any atom is -0.357 e. The molecule has 1 fully saturated rings. The zero-order valence-corrected chi connectivity index (χ0v) is 12.7. The second-order valence-electron chi connectivity index (χ2n) is 4.91. The van der Waals surface area contributed by atoms with E-state index in [1.165, 1.54) is 22.7 Å². The highest BCUT2D eigenvalue weighted by Gasteiger charge is 2.20. The molecular formula is C14H24N4S. The molecule has 0 aromatic carbocycles. The molecule has 0 spiro atoms. The van der Waals surface area contributed by atoms with Gasteiger partial charge >= 0.3 is 0 Å². The Morgan fingerprint density at radius 3 is 2.89 bits per heavy atom. The monoisotopic (exact) mass is 280 g/mol. The molecule has 0 saturated heterocycles. The summed E-state index contributed by atoms with van der Waals surface area (Å²) in [6.45, 7) is 7.04. The lowest BCUT2D eigenvalue weighted by Gasteiger charge is -2.10. The van der Waals surface area contributed by atoms with Crippen LogP contribution in [0.5, 0.6) is 0 Å². The number of guanidine groups is 1. The number of aliphatic imine (C=N–C) groups is 1. The van der Waals surface area contributed by atoms with Gasteiger partial charge in [-0.05, 0) is 32.1 Å². The first-order valence-electron chi connectivity index (χ1n) is 7.27. The van der Waals surface area contributed by atoms with Crippen molar-refractivity contribution in [3.63, 3.8) is 0 Å². The van der Waals surface area contributed by atoms with Crippen LogP contribution in [0.25, 0.3) is 0 Å². The lowest BCUT2D eigenvalue weighted by Crippen LogP contribution is -2.38. The highest BCUT2D eigenvalue weighted by molar-refractivity contribution is 7.11. The largest absolute Gasteiger partial charge is 0.357 e. The molecule has 0 atom stereocenters. The molecule has 1 aromatic heterocycles. The Balaban J connectivity index is 1.72. The summed E-state index contributed by atoms with van der Waals surface area (Å²) in [6, 6.07) is 0. The van der Waals surface area contributed by atoms with Gasteiger partial charge in [0.25, 0.3) is 0 Å². The molecule has 1 heterocycles. The number of hydrogen-bond acceptors (Lipinski definition) is 3. The van der Waals surface area contributed by atoms with Crippen molar-refractivity contribution in [3.05, 3.63) is 16.1 Å². The highest BCUT2D eigenvalue weighted by atomic mass is 32.1. The normalized spacial score (nSPS) is 15.6. The zero-order valence-electron chi connectivity index (χ0n) is 11.9. The second-order valence-corrected chi connectivity index (χ2v) is 6.11. The van der Waals surface area contributed by atoms with Crippen molar-refractivity contribution >= 4 is 17.3 Å². The van der Waals surface area contributed by atoms with Crippen molar-refractivity contribution in [2.75, 3.05) is 19.6 Å². The molecule has 1 aliphatic carbocycles. The number of nitrogens with one attached hydrogen (secondary N) is 2. The number of nitrogens with zero attached hydrogens (tertiary/aromatic N) is 2. The SMILES string of the molecule is CCNC(=NCC1CC1)NCCc1ncc(CC)s1. The molecular weight excluding hydrogens is 256 g/mol. The van der Waals surface area contributed by atoms with Crippen LogP contribution >= 0.6 is 11.3 Å². The van der Waals surface area contributed by atoms with Gasteiger partial charge in [-0.2, -0.15) is 0 Å². The van der Waals surface area contributed by atoms with E-state index in [-0.39, 0.29) is 0 Å². The molecule has 1 saturated carbocycles. The van der Waals surface area contributed by atoms with E-state index in [9.17, 15) is 0 Å². The first kappa shape index (κ1) is 14.3. The third kappa shape index (κ3) is 5.19. The maximum absolute atomic E-state index is 4.61. The average molecular weight is 280 g/mol. The van der Waals surface area contributed by atoms with E-state index in [0.29, 0.717) is 0 Å². The van der Waals surface area contributed by atoms with Crippen LogP contribution in [-0.2, 0) is 12.8 Å². The summed E-state index contributed by atoms with van der Waals surface area (Å²) in [5, 5.41) is 7.89. The average Bonchev–Trinajstić information content (AvgIpc) is 3.14. The van der Waals surface area contributed by atoms with Gasteiger partial charge in [0.1, 0.15) is 0 Å². The van der Waals surface area contributed by atoms with E-state index < -0.39 is 0 Å². The summed E-state index contributed by atoms with van der Waals surface area (Å²) >= 11 is 1.81. The molecule has 0 aliphatic heterocycles. The van der Waals surface area contributed by atoms with E-state index in [1.807, 2.05) is 17.5 Å². The van der Waals surface area contributed by atoms with Gasteiger partial charge < -0.3 is 10.6 Å². The molecule has 1 aliphatic rings. The van der Waals surface area contributed by atoms with Crippen molar-refractivity contribution in [3.8, 4) is 0 Å². The lowest BCUT2D eigenvalue weighted by atomic mass is 10.4. The van der Waals surface area contributed by atoms with E-state index in [4.69, 9.17) is 0 Å². The first-order chi connectivity index (χ1) is 9.31. The fraction of sp³-hybridized carbons (Fsp3) is 0.714. The number of aryl methyl sites for hydroxylation is 1. The van der Waals surface area contributed by atoms with Crippen molar-refractivity contribution in [2.24, 2.45) is 10.9 Å². The lowest BCUT2D eigenvalue weighted by molar-refractivity contribution is 0.775. The summed E-state index contributed by atoms with van der Waals surface area (Å²) in [5.74, 6) is 1.78. The fourth-order valence-corrected chi connectivity index (χ4v) is 2.64. The minimum atomic E-state index is 0.835. The minimum absolute atomic E-state index is 0.835. The topological polar surface area (TPSA) is 49.3 Å². The third-order valence-electron chi connectivity index (χ3n) is 3.13. The van der Waals surface area contributed by atoms with Crippen LogP contribution in [0, 0.1) is 5.92 Å². The van der Waals surface area contributed by atoms with Crippen LogP contribution in [0.3, 0.4) is 0 Å². The molecule has 0 amide bonds. The van der Waals surface area contributed by atoms with E-state index >= 15 is 0 Å². The summed E-state index contributed by atoms with van der Waals surface area (Å²) in [7, 11) is 0. The van der Waals surface area contributed by atoms with E-state index in [2.05, 4.69) is 34.5 Å². The molecule has 5 heteroatoms. The number of rotatable bonds is 7. The number of thiazole rings is 1. The highest BCUT2D eigenvalue weighted by Crippen LogP contribution is 2.28. The van der Waals surface area contributed by atoms with Gasteiger partial charge in [0.2, 0.25) is 0 Å².